The summed E-state index contributed by atoms with van der Waals surface area (Å²) in [4.78, 5) is 4.42. The highest BCUT2D eigenvalue weighted by Crippen LogP contribution is 2.21. The Bertz CT molecular complexity index is 387. The molecule has 0 saturated carbocycles. The largest absolute Gasteiger partial charge is 0.413 e. The summed E-state index contributed by atoms with van der Waals surface area (Å²) in [6.07, 6.45) is -4.33. The summed E-state index contributed by atoms with van der Waals surface area (Å²) in [5, 5.41) is 4.19. The summed E-state index contributed by atoms with van der Waals surface area (Å²) in [7, 11) is 1.79. The van der Waals surface area contributed by atoms with Gasteiger partial charge in [-0.05, 0) is 20.8 Å². The second-order valence-electron chi connectivity index (χ2n) is 3.95. The van der Waals surface area contributed by atoms with Gasteiger partial charge in [-0.25, -0.2) is 0 Å². The number of rotatable bonds is 4. The molecule has 0 saturated heterocycles. The molecule has 0 amide bonds. The molecular formula is C10H16F3N3O. The lowest BCUT2D eigenvalue weighted by molar-refractivity contribution is -0.192. The molecule has 0 bridgehead atoms. The molecule has 1 atom stereocenters. The van der Waals surface area contributed by atoms with E-state index >= 15 is 0 Å². The molecule has 1 aromatic heterocycles. The van der Waals surface area contributed by atoms with Gasteiger partial charge in [-0.15, -0.1) is 0 Å². The number of aromatic nitrogens is 2. The van der Waals surface area contributed by atoms with Gasteiger partial charge in [-0.3, -0.25) is 9.52 Å². The van der Waals surface area contributed by atoms with Crippen LogP contribution in [0.25, 0.3) is 0 Å². The first kappa shape index (κ1) is 14.0. The van der Waals surface area contributed by atoms with E-state index in [1.807, 2.05) is 13.8 Å². The minimum absolute atomic E-state index is 0.342. The van der Waals surface area contributed by atoms with Crippen LogP contribution in [0.15, 0.2) is 0 Å². The van der Waals surface area contributed by atoms with Crippen LogP contribution in [0, 0.1) is 13.8 Å². The maximum Gasteiger partial charge on any atom is 0.413 e. The fourth-order valence-electron chi connectivity index (χ4n) is 1.72. The molecule has 7 heteroatoms. The zero-order valence-corrected chi connectivity index (χ0v) is 10.2. The monoisotopic (exact) mass is 251 g/mol. The normalized spacial score (nSPS) is 14.1. The molecule has 0 aliphatic carbocycles. The van der Waals surface area contributed by atoms with Crippen molar-refractivity contribution in [2.45, 2.75) is 33.0 Å². The second-order valence-corrected chi connectivity index (χ2v) is 3.95. The molecule has 17 heavy (non-hydrogen) atoms. The quantitative estimate of drug-likeness (QED) is 0.834. The summed E-state index contributed by atoms with van der Waals surface area (Å²) in [6.45, 7) is 4.09. The number of alkyl halides is 3. The summed E-state index contributed by atoms with van der Waals surface area (Å²) in [5.41, 5.74) is 4.91. The van der Waals surface area contributed by atoms with E-state index in [1.54, 1.807) is 18.7 Å². The van der Waals surface area contributed by atoms with E-state index < -0.39 is 12.8 Å². The number of hydrogen-bond donors (Lipinski definition) is 1. The lowest BCUT2D eigenvalue weighted by Gasteiger charge is -2.15. The van der Waals surface area contributed by atoms with Crippen LogP contribution in [0.1, 0.15) is 29.9 Å². The molecule has 0 radical (unpaired) electrons. The summed E-state index contributed by atoms with van der Waals surface area (Å²) in [6, 6.07) is -0.342. The number of hydrogen-bond acceptors (Lipinski definition) is 3. The highest BCUT2D eigenvalue weighted by molar-refractivity contribution is 5.27. The van der Waals surface area contributed by atoms with E-state index in [2.05, 4.69) is 15.4 Å². The molecule has 0 aliphatic heterocycles. The van der Waals surface area contributed by atoms with E-state index in [4.69, 9.17) is 0 Å². The van der Waals surface area contributed by atoms with E-state index in [0.29, 0.717) is 0 Å². The Morgan fingerprint density at radius 2 is 2.00 bits per heavy atom. The molecule has 0 aliphatic rings. The van der Waals surface area contributed by atoms with Gasteiger partial charge in [0, 0.05) is 18.3 Å². The number of halogens is 3. The van der Waals surface area contributed by atoms with Crippen molar-refractivity contribution in [1.82, 2.24) is 15.3 Å². The van der Waals surface area contributed by atoms with Crippen molar-refractivity contribution in [2.24, 2.45) is 7.05 Å². The second kappa shape index (κ2) is 5.05. The Balaban J connectivity index is 2.61. The minimum atomic E-state index is -4.33. The first-order valence-corrected chi connectivity index (χ1v) is 5.16. The Morgan fingerprint density at radius 3 is 2.41 bits per heavy atom. The molecule has 1 unspecified atom stereocenters. The van der Waals surface area contributed by atoms with Crippen LogP contribution >= 0.6 is 0 Å². The fourth-order valence-corrected chi connectivity index (χ4v) is 1.72. The fraction of sp³-hybridized carbons (Fsp3) is 0.700. The van der Waals surface area contributed by atoms with Crippen LogP contribution < -0.4 is 5.48 Å². The zero-order valence-electron chi connectivity index (χ0n) is 10.2. The Morgan fingerprint density at radius 1 is 1.41 bits per heavy atom. The van der Waals surface area contributed by atoms with Gasteiger partial charge in [0.05, 0.1) is 11.7 Å². The van der Waals surface area contributed by atoms with Gasteiger partial charge in [0.15, 0.2) is 6.61 Å². The summed E-state index contributed by atoms with van der Waals surface area (Å²) >= 11 is 0. The summed E-state index contributed by atoms with van der Waals surface area (Å²) < 4.78 is 37.4. The third-order valence-corrected chi connectivity index (χ3v) is 2.49. The van der Waals surface area contributed by atoms with Crippen LogP contribution in [0.5, 0.6) is 0 Å². The number of hydroxylamine groups is 1. The number of aryl methyl sites for hydroxylation is 2. The van der Waals surface area contributed by atoms with Crippen molar-refractivity contribution >= 4 is 0 Å². The predicted molar refractivity (Wildman–Crippen MR) is 56.2 cm³/mol. The van der Waals surface area contributed by atoms with Crippen molar-refractivity contribution in [2.75, 3.05) is 6.61 Å². The van der Waals surface area contributed by atoms with Crippen LogP contribution in [-0.2, 0) is 11.9 Å². The lowest BCUT2D eigenvalue weighted by atomic mass is 10.1. The van der Waals surface area contributed by atoms with E-state index in [1.165, 1.54) is 0 Å². The zero-order chi connectivity index (χ0) is 13.2. The van der Waals surface area contributed by atoms with Crippen molar-refractivity contribution in [3.05, 3.63) is 17.0 Å². The lowest BCUT2D eigenvalue weighted by Crippen LogP contribution is -2.27. The number of nitrogens with zero attached hydrogens (tertiary/aromatic N) is 2. The molecular weight excluding hydrogens is 235 g/mol. The Kier molecular flexibility index (Phi) is 4.16. The van der Waals surface area contributed by atoms with Gasteiger partial charge in [0.25, 0.3) is 0 Å². The van der Waals surface area contributed by atoms with Crippen molar-refractivity contribution in [3.63, 3.8) is 0 Å². The Hall–Kier alpha value is -1.08. The average molecular weight is 251 g/mol. The molecule has 0 aromatic carbocycles. The van der Waals surface area contributed by atoms with E-state index in [9.17, 15) is 13.2 Å². The van der Waals surface area contributed by atoms with Gasteiger partial charge in [0.1, 0.15) is 0 Å². The number of nitrogens with one attached hydrogen (secondary N) is 1. The summed E-state index contributed by atoms with van der Waals surface area (Å²) in [5.74, 6) is 0. The highest BCUT2D eigenvalue weighted by atomic mass is 19.4. The molecule has 1 N–H and O–H groups in total. The first-order chi connectivity index (χ1) is 7.72. The molecule has 0 spiro atoms. The third kappa shape index (κ3) is 3.71. The molecule has 0 fully saturated rings. The van der Waals surface area contributed by atoms with Crippen LogP contribution in [0.3, 0.4) is 0 Å². The van der Waals surface area contributed by atoms with Gasteiger partial charge < -0.3 is 0 Å². The molecule has 98 valence electrons. The molecule has 1 heterocycles. The Labute approximate surface area is 97.7 Å². The van der Waals surface area contributed by atoms with Crippen molar-refractivity contribution in [3.8, 4) is 0 Å². The molecule has 4 nitrogen and oxygen atoms in total. The van der Waals surface area contributed by atoms with E-state index in [-0.39, 0.29) is 6.04 Å². The average Bonchev–Trinajstić information content (AvgIpc) is 2.38. The minimum Gasteiger partial charge on any atom is -0.292 e. The van der Waals surface area contributed by atoms with Gasteiger partial charge in [0.2, 0.25) is 0 Å². The van der Waals surface area contributed by atoms with Crippen molar-refractivity contribution < 1.29 is 18.0 Å². The maximum absolute atomic E-state index is 11.9. The molecule has 1 aromatic rings. The topological polar surface area (TPSA) is 39.1 Å². The van der Waals surface area contributed by atoms with Crippen LogP contribution in [-0.4, -0.2) is 22.6 Å². The van der Waals surface area contributed by atoms with Crippen LogP contribution in [0.4, 0.5) is 13.2 Å². The standard InChI is InChI=1S/C10H16F3N3O/c1-6-9(8(3)16(4)14-6)7(2)15-17-5-10(11,12)13/h7,15H,5H2,1-4H3. The van der Waals surface area contributed by atoms with Gasteiger partial charge >= 0.3 is 6.18 Å². The van der Waals surface area contributed by atoms with Gasteiger partial charge in [-0.2, -0.15) is 23.8 Å². The first-order valence-electron chi connectivity index (χ1n) is 5.16. The SMILES string of the molecule is Cc1nn(C)c(C)c1C(C)NOCC(F)(F)F. The maximum atomic E-state index is 11.9. The predicted octanol–water partition coefficient (Wildman–Crippen LogP) is 2.18. The molecule has 1 rings (SSSR count). The van der Waals surface area contributed by atoms with E-state index in [0.717, 1.165) is 17.0 Å². The smallest absolute Gasteiger partial charge is 0.292 e. The van der Waals surface area contributed by atoms with Crippen LogP contribution in [0.2, 0.25) is 0 Å². The van der Waals surface area contributed by atoms with Crippen molar-refractivity contribution in [1.29, 1.82) is 0 Å². The third-order valence-electron chi connectivity index (χ3n) is 2.49. The highest BCUT2D eigenvalue weighted by Gasteiger charge is 2.28. The van der Waals surface area contributed by atoms with Gasteiger partial charge in [-0.1, -0.05) is 0 Å².